The molecule has 0 saturated heterocycles. The van der Waals surface area contributed by atoms with Crippen LogP contribution in [0.5, 0.6) is 0 Å². The van der Waals surface area contributed by atoms with Crippen molar-refractivity contribution in [3.63, 3.8) is 0 Å². The van der Waals surface area contributed by atoms with E-state index in [1.54, 1.807) is 0 Å². The summed E-state index contributed by atoms with van der Waals surface area (Å²) in [5.74, 6) is 0.832. The van der Waals surface area contributed by atoms with Crippen molar-refractivity contribution in [2.45, 2.75) is 33.2 Å². The van der Waals surface area contributed by atoms with E-state index in [4.69, 9.17) is 10.2 Å². The highest BCUT2D eigenvalue weighted by Gasteiger charge is 2.17. The molecule has 0 saturated carbocycles. The molecule has 0 spiro atoms. The summed E-state index contributed by atoms with van der Waals surface area (Å²) in [6, 6.07) is 8.07. The molecule has 3 rings (SSSR count). The topological polar surface area (TPSA) is 57.0 Å². The van der Waals surface area contributed by atoms with Gasteiger partial charge in [-0.2, -0.15) is 5.10 Å². The third-order valence-electron chi connectivity index (χ3n) is 4.14. The summed E-state index contributed by atoms with van der Waals surface area (Å²) in [6.45, 7) is 6.18. The third-order valence-corrected chi connectivity index (χ3v) is 4.14. The van der Waals surface area contributed by atoms with Crippen LogP contribution in [0, 0.1) is 20.8 Å². The van der Waals surface area contributed by atoms with Gasteiger partial charge in [0.05, 0.1) is 11.7 Å². The van der Waals surface area contributed by atoms with Crippen molar-refractivity contribution in [3.8, 4) is 0 Å². The molecule has 0 bridgehead atoms. The minimum absolute atomic E-state index is 0.153. The Balaban J connectivity index is 1.91. The third kappa shape index (κ3) is 2.47. The van der Waals surface area contributed by atoms with E-state index in [0.29, 0.717) is 0 Å². The van der Waals surface area contributed by atoms with E-state index < -0.39 is 0 Å². The van der Waals surface area contributed by atoms with Gasteiger partial charge in [0.25, 0.3) is 0 Å². The number of aromatic nitrogens is 2. The summed E-state index contributed by atoms with van der Waals surface area (Å²) < 4.78 is 7.79. The number of nitrogens with two attached hydrogens (primary N) is 1. The van der Waals surface area contributed by atoms with Crippen LogP contribution >= 0.6 is 0 Å². The smallest absolute Gasteiger partial charge is 0.134 e. The SMILES string of the molecule is Cc1ccc2oc(C(N)Cc3c(C)nn(C)c3C)cc2c1. The van der Waals surface area contributed by atoms with E-state index in [1.165, 1.54) is 11.1 Å². The molecule has 0 radical (unpaired) electrons. The van der Waals surface area contributed by atoms with Crippen LogP contribution in [0.1, 0.15) is 34.3 Å². The van der Waals surface area contributed by atoms with Crippen LogP contribution in [0.15, 0.2) is 28.7 Å². The van der Waals surface area contributed by atoms with Crippen LogP contribution in [0.2, 0.25) is 0 Å². The van der Waals surface area contributed by atoms with Crippen LogP contribution in [0.25, 0.3) is 11.0 Å². The zero-order valence-electron chi connectivity index (χ0n) is 13.0. The van der Waals surface area contributed by atoms with Crippen molar-refractivity contribution in [2.75, 3.05) is 0 Å². The molecule has 0 fully saturated rings. The van der Waals surface area contributed by atoms with E-state index >= 15 is 0 Å². The maximum absolute atomic E-state index is 6.35. The largest absolute Gasteiger partial charge is 0.459 e. The molecule has 2 heterocycles. The summed E-state index contributed by atoms with van der Waals surface area (Å²) in [5.41, 5.74) is 11.9. The maximum atomic E-state index is 6.35. The lowest BCUT2D eigenvalue weighted by molar-refractivity contribution is 0.493. The Kier molecular flexibility index (Phi) is 3.33. The normalized spacial score (nSPS) is 13.0. The Bertz CT molecular complexity index is 798. The van der Waals surface area contributed by atoms with Crippen LogP contribution in [-0.4, -0.2) is 9.78 Å². The van der Waals surface area contributed by atoms with Crippen molar-refractivity contribution in [1.29, 1.82) is 0 Å². The Morgan fingerprint density at radius 1 is 1.24 bits per heavy atom. The van der Waals surface area contributed by atoms with E-state index in [1.807, 2.05) is 30.8 Å². The predicted octanol–water partition coefficient (Wildman–Crippen LogP) is 3.33. The average Bonchev–Trinajstić information content (AvgIpc) is 2.95. The van der Waals surface area contributed by atoms with Crippen molar-refractivity contribution in [2.24, 2.45) is 12.8 Å². The highest BCUT2D eigenvalue weighted by atomic mass is 16.3. The number of furan rings is 1. The molecule has 4 nitrogen and oxygen atoms in total. The summed E-state index contributed by atoms with van der Waals surface area (Å²) >= 11 is 0. The monoisotopic (exact) mass is 283 g/mol. The lowest BCUT2D eigenvalue weighted by Gasteiger charge is -2.09. The zero-order valence-corrected chi connectivity index (χ0v) is 13.0. The maximum Gasteiger partial charge on any atom is 0.134 e. The fourth-order valence-electron chi connectivity index (χ4n) is 2.80. The number of nitrogens with zero attached hydrogens (tertiary/aromatic N) is 2. The first kappa shape index (κ1) is 13.9. The van der Waals surface area contributed by atoms with Crippen molar-refractivity contribution >= 4 is 11.0 Å². The Morgan fingerprint density at radius 3 is 2.67 bits per heavy atom. The van der Waals surface area contributed by atoms with Gasteiger partial charge in [0.2, 0.25) is 0 Å². The van der Waals surface area contributed by atoms with Crippen molar-refractivity contribution < 1.29 is 4.42 Å². The minimum atomic E-state index is -0.153. The Labute approximate surface area is 124 Å². The van der Waals surface area contributed by atoms with Crippen molar-refractivity contribution in [1.82, 2.24) is 9.78 Å². The van der Waals surface area contributed by atoms with Crippen LogP contribution in [0.4, 0.5) is 0 Å². The molecular formula is C17H21N3O. The second-order valence-corrected chi connectivity index (χ2v) is 5.77. The fourth-order valence-corrected chi connectivity index (χ4v) is 2.80. The van der Waals surface area contributed by atoms with Gasteiger partial charge in [-0.25, -0.2) is 0 Å². The van der Waals surface area contributed by atoms with Gasteiger partial charge < -0.3 is 10.2 Å². The first-order valence-corrected chi connectivity index (χ1v) is 7.20. The van der Waals surface area contributed by atoms with Gasteiger partial charge in [-0.05, 0) is 51.0 Å². The van der Waals surface area contributed by atoms with Crippen LogP contribution in [-0.2, 0) is 13.5 Å². The van der Waals surface area contributed by atoms with Crippen LogP contribution < -0.4 is 5.73 Å². The molecule has 2 aromatic heterocycles. The van der Waals surface area contributed by atoms with Gasteiger partial charge in [0.1, 0.15) is 11.3 Å². The lowest BCUT2D eigenvalue weighted by atomic mass is 10.0. The number of rotatable bonds is 3. The summed E-state index contributed by atoms with van der Waals surface area (Å²) in [5, 5.41) is 5.55. The predicted molar refractivity (Wildman–Crippen MR) is 84.3 cm³/mol. The Morgan fingerprint density at radius 2 is 2.00 bits per heavy atom. The Hall–Kier alpha value is -2.07. The average molecular weight is 283 g/mol. The molecule has 1 atom stereocenters. The standard InChI is InChI=1S/C17H21N3O/c1-10-5-6-16-13(7-10)8-17(21-16)15(18)9-14-11(2)19-20(4)12(14)3/h5-8,15H,9,18H2,1-4H3. The summed E-state index contributed by atoms with van der Waals surface area (Å²) in [4.78, 5) is 0. The molecule has 0 aliphatic heterocycles. The van der Waals surface area contributed by atoms with Gasteiger partial charge in [-0.1, -0.05) is 11.6 Å². The van der Waals surface area contributed by atoms with Gasteiger partial charge in [-0.3, -0.25) is 4.68 Å². The fraction of sp³-hybridized carbons (Fsp3) is 0.353. The van der Waals surface area contributed by atoms with Crippen LogP contribution in [0.3, 0.4) is 0 Å². The summed E-state index contributed by atoms with van der Waals surface area (Å²) in [6.07, 6.45) is 0.740. The molecule has 1 unspecified atom stereocenters. The molecule has 4 heteroatoms. The summed E-state index contributed by atoms with van der Waals surface area (Å²) in [7, 11) is 1.96. The molecule has 2 N–H and O–H groups in total. The highest BCUT2D eigenvalue weighted by molar-refractivity contribution is 5.78. The molecule has 21 heavy (non-hydrogen) atoms. The molecular weight excluding hydrogens is 262 g/mol. The van der Waals surface area contributed by atoms with E-state index in [0.717, 1.165) is 34.5 Å². The number of fused-ring (bicyclic) bond motifs is 1. The molecule has 0 amide bonds. The van der Waals surface area contributed by atoms with Gasteiger partial charge in [-0.15, -0.1) is 0 Å². The van der Waals surface area contributed by atoms with Crippen molar-refractivity contribution in [3.05, 3.63) is 52.5 Å². The second-order valence-electron chi connectivity index (χ2n) is 5.77. The molecule has 0 aliphatic carbocycles. The van der Waals surface area contributed by atoms with Gasteiger partial charge >= 0.3 is 0 Å². The quantitative estimate of drug-likeness (QED) is 0.802. The molecule has 110 valence electrons. The lowest BCUT2D eigenvalue weighted by Crippen LogP contribution is -2.13. The second kappa shape index (κ2) is 5.04. The molecule has 1 aromatic carbocycles. The minimum Gasteiger partial charge on any atom is -0.459 e. The number of benzene rings is 1. The first-order valence-electron chi connectivity index (χ1n) is 7.20. The highest BCUT2D eigenvalue weighted by Crippen LogP contribution is 2.27. The van der Waals surface area contributed by atoms with Gasteiger partial charge in [0, 0.05) is 18.1 Å². The number of hydrogen-bond donors (Lipinski definition) is 1. The van der Waals surface area contributed by atoms with E-state index in [-0.39, 0.29) is 6.04 Å². The van der Waals surface area contributed by atoms with E-state index in [9.17, 15) is 0 Å². The zero-order chi connectivity index (χ0) is 15.1. The number of aryl methyl sites for hydroxylation is 3. The van der Waals surface area contributed by atoms with E-state index in [2.05, 4.69) is 31.1 Å². The number of hydrogen-bond acceptors (Lipinski definition) is 3. The molecule has 3 aromatic rings. The first-order chi connectivity index (χ1) is 9.95. The molecule has 0 aliphatic rings. The van der Waals surface area contributed by atoms with Gasteiger partial charge in [0.15, 0.2) is 0 Å².